The number of amides is 4. The molecule has 2 atom stereocenters. The van der Waals surface area contributed by atoms with Crippen LogP contribution in [0, 0.1) is 5.82 Å². The zero-order valence-electron chi connectivity index (χ0n) is 15.3. The van der Waals surface area contributed by atoms with Crippen LogP contribution in [-0.4, -0.2) is 47.4 Å². The second kappa shape index (κ2) is 8.81. The molecular weight excluding hydrogens is 369 g/mol. The molecule has 1 aromatic rings. The summed E-state index contributed by atoms with van der Waals surface area (Å²) in [7, 11) is 0. The number of rotatable bonds is 5. The molecule has 4 amide bonds. The van der Waals surface area contributed by atoms with Crippen molar-refractivity contribution in [1.29, 1.82) is 0 Å². The van der Waals surface area contributed by atoms with Gasteiger partial charge in [0.25, 0.3) is 0 Å². The molecule has 28 heavy (non-hydrogen) atoms. The molecule has 1 aliphatic carbocycles. The lowest BCUT2D eigenvalue weighted by atomic mass is 9.93. The lowest BCUT2D eigenvalue weighted by Gasteiger charge is -2.29. The maximum atomic E-state index is 12.9. The summed E-state index contributed by atoms with van der Waals surface area (Å²) in [5.41, 5.74) is 0.423. The van der Waals surface area contributed by atoms with Gasteiger partial charge in [-0.3, -0.25) is 24.6 Å². The van der Waals surface area contributed by atoms with Crippen LogP contribution in [0.3, 0.4) is 0 Å². The molecule has 0 bridgehead atoms. The molecular formula is C19H22FN3O5. The van der Waals surface area contributed by atoms with Gasteiger partial charge < -0.3 is 10.1 Å². The third-order valence-corrected chi connectivity index (χ3v) is 4.81. The standard InChI is InChI=1S/C19H22FN3O5/c20-12-4-6-13(7-5-12)22-19(27)28-15-3-1-2-14(10-15)21-16(24)11-23-17(25)8-9-18(23)26/h4-7,14-15H,1-3,8-11H2,(H,21,24)(H,22,27). The van der Waals surface area contributed by atoms with Gasteiger partial charge in [0.15, 0.2) is 0 Å². The quantitative estimate of drug-likeness (QED) is 0.747. The third kappa shape index (κ3) is 5.28. The Morgan fingerprint density at radius 1 is 1.11 bits per heavy atom. The Morgan fingerprint density at radius 2 is 1.79 bits per heavy atom. The Morgan fingerprint density at radius 3 is 2.46 bits per heavy atom. The van der Waals surface area contributed by atoms with Crippen molar-refractivity contribution in [2.75, 3.05) is 11.9 Å². The van der Waals surface area contributed by atoms with E-state index in [-0.39, 0.29) is 43.3 Å². The van der Waals surface area contributed by atoms with E-state index >= 15 is 0 Å². The molecule has 2 fully saturated rings. The van der Waals surface area contributed by atoms with E-state index in [1.165, 1.54) is 24.3 Å². The molecule has 0 radical (unpaired) electrons. The number of hydrogen-bond donors (Lipinski definition) is 2. The summed E-state index contributed by atoms with van der Waals surface area (Å²) in [4.78, 5) is 48.3. The Hall–Kier alpha value is -2.97. The molecule has 9 heteroatoms. The van der Waals surface area contributed by atoms with Gasteiger partial charge in [0.05, 0.1) is 0 Å². The van der Waals surface area contributed by atoms with Crippen molar-refractivity contribution in [1.82, 2.24) is 10.2 Å². The predicted molar refractivity (Wildman–Crippen MR) is 96.6 cm³/mol. The molecule has 2 aliphatic rings. The second-order valence-corrected chi connectivity index (χ2v) is 6.96. The minimum atomic E-state index is -0.642. The summed E-state index contributed by atoms with van der Waals surface area (Å²) in [6.45, 7) is -0.273. The Bertz CT molecular complexity index is 751. The average Bonchev–Trinajstić information content (AvgIpc) is 2.96. The van der Waals surface area contributed by atoms with Gasteiger partial charge in [-0.1, -0.05) is 0 Å². The SMILES string of the molecule is O=C(CN1C(=O)CCC1=O)NC1CCCC(OC(=O)Nc2ccc(F)cc2)C1. The second-order valence-electron chi connectivity index (χ2n) is 6.96. The molecule has 150 valence electrons. The number of carbonyl (C=O) groups is 4. The molecule has 2 unspecified atom stereocenters. The van der Waals surface area contributed by atoms with Gasteiger partial charge in [-0.25, -0.2) is 9.18 Å². The van der Waals surface area contributed by atoms with Crippen LogP contribution in [-0.2, 0) is 19.1 Å². The average molecular weight is 391 g/mol. The molecule has 1 saturated carbocycles. The fraction of sp³-hybridized carbons (Fsp3) is 0.474. The first-order valence-corrected chi connectivity index (χ1v) is 9.26. The van der Waals surface area contributed by atoms with Crippen LogP contribution in [0.5, 0.6) is 0 Å². The molecule has 1 saturated heterocycles. The summed E-state index contributed by atoms with van der Waals surface area (Å²) in [5, 5.41) is 5.34. The largest absolute Gasteiger partial charge is 0.446 e. The number of imide groups is 1. The van der Waals surface area contributed by atoms with E-state index < -0.39 is 17.8 Å². The lowest BCUT2D eigenvalue weighted by Crippen LogP contribution is -2.46. The number of ether oxygens (including phenoxy) is 1. The van der Waals surface area contributed by atoms with Crippen molar-refractivity contribution < 1.29 is 28.3 Å². The summed E-state index contributed by atoms with van der Waals surface area (Å²) in [5.74, 6) is -1.46. The maximum absolute atomic E-state index is 12.9. The first-order valence-electron chi connectivity index (χ1n) is 9.26. The lowest BCUT2D eigenvalue weighted by molar-refractivity contribution is -0.142. The van der Waals surface area contributed by atoms with Crippen LogP contribution >= 0.6 is 0 Å². The van der Waals surface area contributed by atoms with Crippen molar-refractivity contribution in [3.8, 4) is 0 Å². The normalized spacial score (nSPS) is 22.1. The van der Waals surface area contributed by atoms with E-state index in [0.717, 1.165) is 17.7 Å². The van der Waals surface area contributed by atoms with Gasteiger partial charge in [-0.05, 0) is 43.5 Å². The summed E-state index contributed by atoms with van der Waals surface area (Å²) in [6.07, 6.45) is 1.90. The minimum Gasteiger partial charge on any atom is -0.446 e. The number of nitrogens with zero attached hydrogens (tertiary/aromatic N) is 1. The molecule has 0 spiro atoms. The number of likely N-dealkylation sites (tertiary alicyclic amines) is 1. The highest BCUT2D eigenvalue weighted by molar-refractivity contribution is 6.04. The van der Waals surface area contributed by atoms with Gasteiger partial charge in [-0.2, -0.15) is 0 Å². The Balaban J connectivity index is 1.45. The van der Waals surface area contributed by atoms with Crippen LogP contribution in [0.2, 0.25) is 0 Å². The Kier molecular flexibility index (Phi) is 6.23. The molecule has 2 N–H and O–H groups in total. The number of carbonyl (C=O) groups excluding carboxylic acids is 4. The smallest absolute Gasteiger partial charge is 0.411 e. The van der Waals surface area contributed by atoms with Gasteiger partial charge in [0.2, 0.25) is 17.7 Å². The highest BCUT2D eigenvalue weighted by atomic mass is 19.1. The van der Waals surface area contributed by atoms with E-state index in [1.807, 2.05) is 0 Å². The van der Waals surface area contributed by atoms with Crippen molar-refractivity contribution in [2.24, 2.45) is 0 Å². The van der Waals surface area contributed by atoms with Gasteiger partial charge in [0.1, 0.15) is 18.5 Å². The van der Waals surface area contributed by atoms with Gasteiger partial charge in [0, 0.05) is 31.0 Å². The monoisotopic (exact) mass is 391 g/mol. The first kappa shape index (κ1) is 19.8. The molecule has 1 aromatic carbocycles. The van der Waals surface area contributed by atoms with E-state index in [0.29, 0.717) is 18.5 Å². The van der Waals surface area contributed by atoms with Crippen molar-refractivity contribution >= 4 is 29.5 Å². The molecule has 1 aliphatic heterocycles. The van der Waals surface area contributed by atoms with Crippen molar-refractivity contribution in [2.45, 2.75) is 50.7 Å². The fourth-order valence-electron chi connectivity index (χ4n) is 3.43. The number of anilines is 1. The first-order chi connectivity index (χ1) is 13.4. The number of hydrogen-bond acceptors (Lipinski definition) is 5. The number of benzene rings is 1. The van der Waals surface area contributed by atoms with Gasteiger partial charge in [-0.15, -0.1) is 0 Å². The van der Waals surface area contributed by atoms with E-state index in [9.17, 15) is 23.6 Å². The van der Waals surface area contributed by atoms with E-state index in [1.54, 1.807) is 0 Å². The summed E-state index contributed by atoms with van der Waals surface area (Å²) >= 11 is 0. The molecule has 8 nitrogen and oxygen atoms in total. The topological polar surface area (TPSA) is 105 Å². The molecule has 1 heterocycles. The molecule has 3 rings (SSSR count). The minimum absolute atomic E-state index is 0.147. The number of halogens is 1. The Labute approximate surface area is 161 Å². The third-order valence-electron chi connectivity index (χ3n) is 4.81. The zero-order valence-corrected chi connectivity index (χ0v) is 15.3. The van der Waals surface area contributed by atoms with Crippen LogP contribution in [0.15, 0.2) is 24.3 Å². The van der Waals surface area contributed by atoms with Gasteiger partial charge >= 0.3 is 6.09 Å². The van der Waals surface area contributed by atoms with E-state index in [2.05, 4.69) is 10.6 Å². The maximum Gasteiger partial charge on any atom is 0.411 e. The summed E-state index contributed by atoms with van der Waals surface area (Å²) < 4.78 is 18.3. The number of nitrogens with one attached hydrogen (secondary N) is 2. The van der Waals surface area contributed by atoms with Crippen molar-refractivity contribution in [3.63, 3.8) is 0 Å². The highest BCUT2D eigenvalue weighted by Crippen LogP contribution is 2.22. The molecule has 0 aromatic heterocycles. The van der Waals surface area contributed by atoms with Crippen LogP contribution in [0.1, 0.15) is 38.5 Å². The van der Waals surface area contributed by atoms with Crippen LogP contribution in [0.25, 0.3) is 0 Å². The summed E-state index contributed by atoms with van der Waals surface area (Å²) in [6, 6.07) is 5.13. The zero-order chi connectivity index (χ0) is 20.1. The predicted octanol–water partition coefficient (Wildman–Crippen LogP) is 1.95. The van der Waals surface area contributed by atoms with Crippen LogP contribution < -0.4 is 10.6 Å². The highest BCUT2D eigenvalue weighted by Gasteiger charge is 2.32. The van der Waals surface area contributed by atoms with E-state index in [4.69, 9.17) is 4.74 Å². The van der Waals surface area contributed by atoms with Crippen LogP contribution in [0.4, 0.5) is 14.9 Å². The van der Waals surface area contributed by atoms with Crippen molar-refractivity contribution in [3.05, 3.63) is 30.1 Å². The fourth-order valence-corrected chi connectivity index (χ4v) is 3.43.